The smallest absolute Gasteiger partial charge is 0.240 e. The largest absolute Gasteiger partial charge is 0.491 e. The minimum atomic E-state index is -0.986. The first-order valence-electron chi connectivity index (χ1n) is 5.79. The highest BCUT2D eigenvalue weighted by Gasteiger charge is 2.32. The Kier molecular flexibility index (Phi) is 4.67. The number of primary amides is 1. The first-order chi connectivity index (χ1) is 8.33. The third-order valence-corrected chi connectivity index (χ3v) is 2.47. The zero-order valence-corrected chi connectivity index (χ0v) is 10.9. The molecule has 1 aromatic rings. The Morgan fingerprint density at radius 3 is 2.72 bits per heavy atom. The van der Waals surface area contributed by atoms with Crippen LogP contribution >= 0.6 is 0 Å². The van der Waals surface area contributed by atoms with Crippen molar-refractivity contribution in [1.29, 1.82) is 0 Å². The number of hydrogen-bond acceptors (Lipinski definition) is 3. The predicted octanol–water partition coefficient (Wildman–Crippen LogP) is 1.45. The molecule has 4 nitrogen and oxygen atoms in total. The lowest BCUT2D eigenvalue weighted by Crippen LogP contribution is -2.59. The second-order valence-electron chi connectivity index (χ2n) is 4.74. The van der Waals surface area contributed by atoms with Gasteiger partial charge < -0.3 is 10.5 Å². The summed E-state index contributed by atoms with van der Waals surface area (Å²) in [6.45, 7) is 5.52. The monoisotopic (exact) mass is 254 g/mol. The molecule has 0 aliphatic rings. The van der Waals surface area contributed by atoms with E-state index < -0.39 is 11.4 Å². The van der Waals surface area contributed by atoms with Crippen molar-refractivity contribution in [3.8, 4) is 5.75 Å². The van der Waals surface area contributed by atoms with E-state index in [1.54, 1.807) is 19.1 Å². The molecule has 1 unspecified atom stereocenters. The predicted molar refractivity (Wildman–Crippen MR) is 67.8 cm³/mol. The molecule has 0 fully saturated rings. The summed E-state index contributed by atoms with van der Waals surface area (Å²) in [4.78, 5) is 11.5. The molecule has 3 N–H and O–H groups in total. The number of benzene rings is 1. The van der Waals surface area contributed by atoms with Crippen molar-refractivity contribution < 1.29 is 13.9 Å². The Balaban J connectivity index is 2.71. The Labute approximate surface area is 106 Å². The summed E-state index contributed by atoms with van der Waals surface area (Å²) in [6, 6.07) is 5.84. The van der Waals surface area contributed by atoms with Gasteiger partial charge in [0.05, 0.1) is 0 Å². The average molecular weight is 254 g/mol. The molecule has 0 saturated heterocycles. The molecule has 1 rings (SSSR count). The third-order valence-electron chi connectivity index (χ3n) is 2.47. The maximum Gasteiger partial charge on any atom is 0.240 e. The van der Waals surface area contributed by atoms with Crippen molar-refractivity contribution in [2.75, 3.05) is 6.61 Å². The first kappa shape index (κ1) is 14.4. The molecule has 0 bridgehead atoms. The van der Waals surface area contributed by atoms with E-state index in [-0.39, 0.29) is 18.5 Å². The van der Waals surface area contributed by atoms with E-state index in [1.165, 1.54) is 12.1 Å². The lowest BCUT2D eigenvalue weighted by atomic mass is 10.0. The van der Waals surface area contributed by atoms with Gasteiger partial charge in [0, 0.05) is 12.1 Å². The molecule has 1 aromatic carbocycles. The molecule has 0 aliphatic heterocycles. The Morgan fingerprint density at radius 2 is 2.22 bits per heavy atom. The van der Waals surface area contributed by atoms with E-state index >= 15 is 0 Å². The van der Waals surface area contributed by atoms with Gasteiger partial charge in [0.15, 0.2) is 0 Å². The lowest BCUT2D eigenvalue weighted by Gasteiger charge is -2.29. The van der Waals surface area contributed by atoms with Gasteiger partial charge in [0.1, 0.15) is 23.7 Å². The van der Waals surface area contributed by atoms with Crippen LogP contribution in [0, 0.1) is 5.82 Å². The van der Waals surface area contributed by atoms with Crippen molar-refractivity contribution >= 4 is 5.91 Å². The van der Waals surface area contributed by atoms with Gasteiger partial charge in [-0.1, -0.05) is 6.07 Å². The summed E-state index contributed by atoms with van der Waals surface area (Å²) >= 11 is 0. The minimum Gasteiger partial charge on any atom is -0.491 e. The minimum absolute atomic E-state index is 0.0456. The van der Waals surface area contributed by atoms with Crippen LogP contribution in [0.15, 0.2) is 24.3 Å². The van der Waals surface area contributed by atoms with Crippen molar-refractivity contribution in [3.63, 3.8) is 0 Å². The quantitative estimate of drug-likeness (QED) is 0.807. The summed E-state index contributed by atoms with van der Waals surface area (Å²) in [5.74, 6) is -0.522. The van der Waals surface area contributed by atoms with Crippen molar-refractivity contribution in [2.24, 2.45) is 5.73 Å². The molecule has 100 valence electrons. The molecule has 1 atom stereocenters. The van der Waals surface area contributed by atoms with Crippen molar-refractivity contribution in [1.82, 2.24) is 5.32 Å². The van der Waals surface area contributed by atoms with Crippen LogP contribution < -0.4 is 15.8 Å². The SMILES string of the molecule is CC(C)NC(C)(COc1cccc(F)c1)C(N)=O. The highest BCUT2D eigenvalue weighted by Crippen LogP contribution is 2.14. The molecular weight excluding hydrogens is 235 g/mol. The van der Waals surface area contributed by atoms with E-state index in [0.29, 0.717) is 5.75 Å². The molecule has 5 heteroatoms. The van der Waals surface area contributed by atoms with Gasteiger partial charge in [-0.15, -0.1) is 0 Å². The van der Waals surface area contributed by atoms with Crippen LogP contribution in [-0.4, -0.2) is 24.1 Å². The van der Waals surface area contributed by atoms with Crippen LogP contribution in [0.2, 0.25) is 0 Å². The molecular formula is C13H19FN2O2. The van der Waals surface area contributed by atoms with Crippen molar-refractivity contribution in [3.05, 3.63) is 30.1 Å². The maximum absolute atomic E-state index is 13.0. The molecule has 0 spiro atoms. The summed E-state index contributed by atoms with van der Waals surface area (Å²) in [5, 5.41) is 3.05. The second kappa shape index (κ2) is 5.82. The highest BCUT2D eigenvalue weighted by molar-refractivity contribution is 5.84. The molecule has 1 amide bonds. The highest BCUT2D eigenvalue weighted by atomic mass is 19.1. The normalized spacial score (nSPS) is 14.3. The fourth-order valence-electron chi connectivity index (χ4n) is 1.61. The van der Waals surface area contributed by atoms with E-state index in [0.717, 1.165) is 0 Å². The summed E-state index contributed by atoms with van der Waals surface area (Å²) < 4.78 is 18.4. The molecule has 0 aliphatic carbocycles. The number of amides is 1. The van der Waals surface area contributed by atoms with E-state index in [4.69, 9.17) is 10.5 Å². The zero-order chi connectivity index (χ0) is 13.8. The summed E-state index contributed by atoms with van der Waals surface area (Å²) in [6.07, 6.45) is 0. The van der Waals surface area contributed by atoms with Gasteiger partial charge >= 0.3 is 0 Å². The molecule has 0 heterocycles. The number of ether oxygens (including phenoxy) is 1. The van der Waals surface area contributed by atoms with Gasteiger partial charge in [-0.05, 0) is 32.9 Å². The van der Waals surface area contributed by atoms with Gasteiger partial charge in [0.25, 0.3) is 0 Å². The number of carbonyl (C=O) groups is 1. The van der Waals surface area contributed by atoms with Crippen LogP contribution in [0.4, 0.5) is 4.39 Å². The van der Waals surface area contributed by atoms with Crippen LogP contribution in [0.5, 0.6) is 5.75 Å². The summed E-state index contributed by atoms with van der Waals surface area (Å²) in [7, 11) is 0. The van der Waals surface area contributed by atoms with Crippen LogP contribution in [-0.2, 0) is 4.79 Å². The second-order valence-corrected chi connectivity index (χ2v) is 4.74. The number of rotatable bonds is 6. The fourth-order valence-corrected chi connectivity index (χ4v) is 1.61. The van der Waals surface area contributed by atoms with Crippen LogP contribution in [0.3, 0.4) is 0 Å². The number of nitrogens with one attached hydrogen (secondary N) is 1. The van der Waals surface area contributed by atoms with E-state index in [1.807, 2.05) is 13.8 Å². The lowest BCUT2D eigenvalue weighted by molar-refractivity contribution is -0.125. The van der Waals surface area contributed by atoms with Crippen LogP contribution in [0.25, 0.3) is 0 Å². The average Bonchev–Trinajstić information content (AvgIpc) is 2.25. The Morgan fingerprint density at radius 1 is 1.56 bits per heavy atom. The topological polar surface area (TPSA) is 64.3 Å². The van der Waals surface area contributed by atoms with Gasteiger partial charge in [0.2, 0.25) is 5.91 Å². The number of hydrogen-bond donors (Lipinski definition) is 2. The molecule has 0 saturated carbocycles. The third kappa shape index (κ3) is 4.00. The standard InChI is InChI=1S/C13H19FN2O2/c1-9(2)16-13(3,12(15)17)8-18-11-6-4-5-10(14)7-11/h4-7,9,16H,8H2,1-3H3,(H2,15,17). The molecule has 0 aromatic heterocycles. The van der Waals surface area contributed by atoms with E-state index in [2.05, 4.69) is 5.32 Å². The number of carbonyl (C=O) groups excluding carboxylic acids is 1. The van der Waals surface area contributed by atoms with Crippen LogP contribution in [0.1, 0.15) is 20.8 Å². The van der Waals surface area contributed by atoms with E-state index in [9.17, 15) is 9.18 Å². The molecule has 0 radical (unpaired) electrons. The van der Waals surface area contributed by atoms with Gasteiger partial charge in [-0.2, -0.15) is 0 Å². The zero-order valence-electron chi connectivity index (χ0n) is 10.9. The number of nitrogens with two attached hydrogens (primary N) is 1. The fraction of sp³-hybridized carbons (Fsp3) is 0.462. The number of halogens is 1. The summed E-state index contributed by atoms with van der Waals surface area (Å²) in [5.41, 5.74) is 4.37. The Bertz CT molecular complexity index is 423. The van der Waals surface area contributed by atoms with Gasteiger partial charge in [-0.3, -0.25) is 10.1 Å². The Hall–Kier alpha value is -1.62. The maximum atomic E-state index is 13.0. The first-order valence-corrected chi connectivity index (χ1v) is 5.79. The van der Waals surface area contributed by atoms with Gasteiger partial charge in [-0.25, -0.2) is 4.39 Å². The molecule has 18 heavy (non-hydrogen) atoms. The van der Waals surface area contributed by atoms with Crippen molar-refractivity contribution in [2.45, 2.75) is 32.4 Å².